The first kappa shape index (κ1) is 18.2. The number of nitrogens with one attached hydrogen (secondary N) is 2. The molecule has 2 amide bonds. The minimum Gasteiger partial charge on any atom is -0.355 e. The van der Waals surface area contributed by atoms with Gasteiger partial charge in [-0.3, -0.25) is 9.59 Å². The molecule has 2 rings (SSSR count). The van der Waals surface area contributed by atoms with E-state index in [0.717, 1.165) is 12.8 Å². The quantitative estimate of drug-likeness (QED) is 0.776. The molecule has 2 aliphatic rings. The highest BCUT2D eigenvalue weighted by molar-refractivity contribution is 5.85. The van der Waals surface area contributed by atoms with E-state index in [2.05, 4.69) is 10.6 Å². The Kier molecular flexibility index (Phi) is 7.46. The molecule has 2 saturated heterocycles. The second-order valence-electron chi connectivity index (χ2n) is 6.04. The van der Waals surface area contributed by atoms with Crippen molar-refractivity contribution in [1.29, 1.82) is 0 Å². The monoisotopic (exact) mass is 317 g/mol. The molecule has 2 bridgehead atoms. The highest BCUT2D eigenvalue weighted by Gasteiger charge is 2.34. The van der Waals surface area contributed by atoms with Crippen molar-refractivity contribution in [3.63, 3.8) is 0 Å². The number of piperidine rings is 1. The van der Waals surface area contributed by atoms with E-state index in [-0.39, 0.29) is 30.8 Å². The highest BCUT2D eigenvalue weighted by atomic mass is 35.5. The van der Waals surface area contributed by atoms with Gasteiger partial charge in [0.2, 0.25) is 11.8 Å². The zero-order valence-electron chi connectivity index (χ0n) is 13.1. The van der Waals surface area contributed by atoms with Gasteiger partial charge in [0, 0.05) is 31.6 Å². The molecule has 2 atom stereocenters. The third-order valence-electron chi connectivity index (χ3n) is 4.48. The third-order valence-corrected chi connectivity index (χ3v) is 4.48. The van der Waals surface area contributed by atoms with E-state index in [4.69, 9.17) is 0 Å². The molecule has 2 heterocycles. The minimum atomic E-state index is -0.0620. The fourth-order valence-electron chi connectivity index (χ4n) is 3.52. The van der Waals surface area contributed by atoms with Crippen LogP contribution in [0.4, 0.5) is 0 Å². The van der Waals surface area contributed by atoms with Gasteiger partial charge < -0.3 is 15.5 Å². The average Bonchev–Trinajstić information content (AvgIpc) is 2.75. The number of halogens is 1. The number of likely N-dealkylation sites (N-methyl/N-ethyl adjacent to an activating group) is 2. The van der Waals surface area contributed by atoms with Crippen molar-refractivity contribution in [3.8, 4) is 0 Å². The lowest BCUT2D eigenvalue weighted by molar-refractivity contribution is -0.136. The van der Waals surface area contributed by atoms with Crippen LogP contribution >= 0.6 is 12.4 Å². The number of amides is 2. The van der Waals surface area contributed by atoms with Crippen LogP contribution in [0.3, 0.4) is 0 Å². The summed E-state index contributed by atoms with van der Waals surface area (Å²) in [6, 6.07) is 1.23. The van der Waals surface area contributed by atoms with Crippen LogP contribution in [0, 0.1) is 5.92 Å². The van der Waals surface area contributed by atoms with E-state index in [1.54, 1.807) is 4.90 Å². The predicted octanol–water partition coefficient (Wildman–Crippen LogP) is 1.31. The number of hydrogen-bond donors (Lipinski definition) is 2. The van der Waals surface area contributed by atoms with E-state index in [0.29, 0.717) is 37.5 Å². The zero-order chi connectivity index (χ0) is 14.5. The molecule has 2 N–H and O–H groups in total. The first-order chi connectivity index (χ1) is 9.62. The molecule has 0 radical (unpaired) electrons. The summed E-state index contributed by atoms with van der Waals surface area (Å²) in [6.07, 6.45) is 5.33. The van der Waals surface area contributed by atoms with Gasteiger partial charge in [-0.15, -0.1) is 12.4 Å². The Balaban J connectivity index is 0.00000220. The molecule has 0 aromatic rings. The SMILES string of the molecule is CCNC(=O)CN(CC)C(=O)CC1CC2CCC(C1)N2.Cl. The van der Waals surface area contributed by atoms with Gasteiger partial charge in [-0.05, 0) is 45.4 Å². The second-order valence-corrected chi connectivity index (χ2v) is 6.04. The second kappa shape index (κ2) is 8.59. The summed E-state index contributed by atoms with van der Waals surface area (Å²) in [5.41, 5.74) is 0. The summed E-state index contributed by atoms with van der Waals surface area (Å²) in [7, 11) is 0. The number of rotatable bonds is 6. The molecule has 2 unspecified atom stereocenters. The van der Waals surface area contributed by atoms with Crippen LogP contribution in [0.25, 0.3) is 0 Å². The van der Waals surface area contributed by atoms with Gasteiger partial charge >= 0.3 is 0 Å². The maximum Gasteiger partial charge on any atom is 0.239 e. The van der Waals surface area contributed by atoms with Gasteiger partial charge in [-0.1, -0.05) is 0 Å². The smallest absolute Gasteiger partial charge is 0.239 e. The number of hydrogen-bond acceptors (Lipinski definition) is 3. The van der Waals surface area contributed by atoms with Gasteiger partial charge in [-0.25, -0.2) is 0 Å². The van der Waals surface area contributed by atoms with Crippen LogP contribution in [0.2, 0.25) is 0 Å². The molecule has 0 spiro atoms. The molecular formula is C15H28ClN3O2. The highest BCUT2D eigenvalue weighted by Crippen LogP contribution is 2.32. The first-order valence-electron chi connectivity index (χ1n) is 7.92. The Bertz CT molecular complexity index is 353. The van der Waals surface area contributed by atoms with Crippen LogP contribution in [-0.2, 0) is 9.59 Å². The molecule has 0 aromatic carbocycles. The lowest BCUT2D eigenvalue weighted by Gasteiger charge is -2.30. The first-order valence-corrected chi connectivity index (χ1v) is 7.92. The van der Waals surface area contributed by atoms with Gasteiger partial charge in [0.15, 0.2) is 0 Å². The molecule has 2 fully saturated rings. The van der Waals surface area contributed by atoms with Crippen LogP contribution in [-0.4, -0.2) is 48.4 Å². The minimum absolute atomic E-state index is 0. The van der Waals surface area contributed by atoms with Crippen LogP contribution in [0.1, 0.15) is 46.0 Å². The number of carbonyl (C=O) groups is 2. The fraction of sp³-hybridized carbons (Fsp3) is 0.867. The fourth-order valence-corrected chi connectivity index (χ4v) is 3.52. The van der Waals surface area contributed by atoms with Gasteiger partial charge in [0.25, 0.3) is 0 Å². The predicted molar refractivity (Wildman–Crippen MR) is 85.5 cm³/mol. The average molecular weight is 318 g/mol. The maximum absolute atomic E-state index is 12.3. The Hall–Kier alpha value is -0.810. The van der Waals surface area contributed by atoms with Gasteiger partial charge in [-0.2, -0.15) is 0 Å². The lowest BCUT2D eigenvalue weighted by atomic mass is 9.89. The molecule has 2 aliphatic heterocycles. The Morgan fingerprint density at radius 3 is 2.33 bits per heavy atom. The summed E-state index contributed by atoms with van der Waals surface area (Å²) in [6.45, 7) is 5.24. The largest absolute Gasteiger partial charge is 0.355 e. The Morgan fingerprint density at radius 2 is 1.81 bits per heavy atom. The van der Waals surface area contributed by atoms with E-state index in [1.165, 1.54) is 12.8 Å². The van der Waals surface area contributed by atoms with Gasteiger partial charge in [0.1, 0.15) is 0 Å². The van der Waals surface area contributed by atoms with Crippen molar-refractivity contribution >= 4 is 24.2 Å². The number of nitrogens with zero attached hydrogens (tertiary/aromatic N) is 1. The lowest BCUT2D eigenvalue weighted by Crippen LogP contribution is -2.43. The third kappa shape index (κ3) is 5.15. The number of fused-ring (bicyclic) bond motifs is 2. The molecule has 6 heteroatoms. The molecule has 122 valence electrons. The van der Waals surface area contributed by atoms with Gasteiger partial charge in [0.05, 0.1) is 6.54 Å². The standard InChI is InChI=1S/C15H27N3O2.ClH/c1-3-16-14(19)10-18(4-2)15(20)9-11-7-12-5-6-13(8-11)17-12;/h11-13,17H,3-10H2,1-2H3,(H,16,19);1H. The Morgan fingerprint density at radius 1 is 1.19 bits per heavy atom. The van der Waals surface area contributed by atoms with Crippen LogP contribution < -0.4 is 10.6 Å². The number of carbonyl (C=O) groups excluding carboxylic acids is 2. The topological polar surface area (TPSA) is 61.4 Å². The zero-order valence-corrected chi connectivity index (χ0v) is 13.9. The molecule has 0 aliphatic carbocycles. The van der Waals surface area contributed by atoms with E-state index < -0.39 is 0 Å². The van der Waals surface area contributed by atoms with Crippen molar-refractivity contribution in [2.75, 3.05) is 19.6 Å². The molecule has 21 heavy (non-hydrogen) atoms. The van der Waals surface area contributed by atoms with Crippen molar-refractivity contribution in [2.24, 2.45) is 5.92 Å². The summed E-state index contributed by atoms with van der Waals surface area (Å²) in [4.78, 5) is 25.6. The molecule has 5 nitrogen and oxygen atoms in total. The molecule has 0 saturated carbocycles. The van der Waals surface area contributed by atoms with Crippen molar-refractivity contribution in [1.82, 2.24) is 15.5 Å². The van der Waals surface area contributed by atoms with Crippen LogP contribution in [0.15, 0.2) is 0 Å². The van der Waals surface area contributed by atoms with E-state index >= 15 is 0 Å². The van der Waals surface area contributed by atoms with Crippen molar-refractivity contribution in [2.45, 2.75) is 58.0 Å². The molecular weight excluding hydrogens is 290 g/mol. The summed E-state index contributed by atoms with van der Waals surface area (Å²) in [5, 5.41) is 6.35. The normalized spacial score (nSPS) is 26.9. The van der Waals surface area contributed by atoms with Crippen molar-refractivity contribution < 1.29 is 9.59 Å². The summed E-state index contributed by atoms with van der Waals surface area (Å²) >= 11 is 0. The van der Waals surface area contributed by atoms with E-state index in [1.807, 2.05) is 13.8 Å². The van der Waals surface area contributed by atoms with E-state index in [9.17, 15) is 9.59 Å². The summed E-state index contributed by atoms with van der Waals surface area (Å²) < 4.78 is 0. The maximum atomic E-state index is 12.3. The molecule has 0 aromatic heterocycles. The van der Waals surface area contributed by atoms with Crippen LogP contribution in [0.5, 0.6) is 0 Å². The Labute approximate surface area is 133 Å². The van der Waals surface area contributed by atoms with Crippen molar-refractivity contribution in [3.05, 3.63) is 0 Å². The summed E-state index contributed by atoms with van der Waals surface area (Å²) in [5.74, 6) is 0.558.